The number of rotatable bonds is 4. The Labute approximate surface area is 159 Å². The van der Waals surface area contributed by atoms with Crippen LogP contribution >= 0.6 is 0 Å². The second-order valence-electron chi connectivity index (χ2n) is 6.89. The molecule has 1 aliphatic rings. The molecule has 6 nitrogen and oxygen atoms in total. The Morgan fingerprint density at radius 2 is 1.67 bits per heavy atom. The number of aromatic nitrogens is 3. The number of benzene rings is 2. The van der Waals surface area contributed by atoms with E-state index in [-0.39, 0.29) is 0 Å². The van der Waals surface area contributed by atoms with E-state index in [1.54, 1.807) is 6.20 Å². The summed E-state index contributed by atoms with van der Waals surface area (Å²) in [5.41, 5.74) is 4.73. The van der Waals surface area contributed by atoms with Gasteiger partial charge in [-0.05, 0) is 43.2 Å². The van der Waals surface area contributed by atoms with E-state index in [0.29, 0.717) is 5.95 Å². The van der Waals surface area contributed by atoms with Crippen LogP contribution in [0.25, 0.3) is 0 Å². The van der Waals surface area contributed by atoms with Crippen molar-refractivity contribution in [2.75, 3.05) is 41.3 Å². The highest BCUT2D eigenvalue weighted by Gasteiger charge is 2.19. The van der Waals surface area contributed by atoms with Crippen molar-refractivity contribution < 1.29 is 0 Å². The van der Waals surface area contributed by atoms with Crippen LogP contribution in [0.1, 0.15) is 11.1 Å². The average Bonchev–Trinajstić information content (AvgIpc) is 2.70. The number of aryl methyl sites for hydroxylation is 2. The first-order chi connectivity index (χ1) is 13.2. The summed E-state index contributed by atoms with van der Waals surface area (Å²) in [7, 11) is 0. The zero-order valence-corrected chi connectivity index (χ0v) is 15.8. The zero-order chi connectivity index (χ0) is 18.6. The monoisotopic (exact) mass is 360 g/mol. The molecule has 4 rings (SSSR count). The van der Waals surface area contributed by atoms with Crippen LogP contribution in [0.5, 0.6) is 0 Å². The second kappa shape index (κ2) is 7.61. The highest BCUT2D eigenvalue weighted by atomic mass is 15.3. The van der Waals surface area contributed by atoms with Crippen LogP contribution in [-0.2, 0) is 0 Å². The summed E-state index contributed by atoms with van der Waals surface area (Å²) in [6.45, 7) is 7.95. The third-order valence-electron chi connectivity index (χ3n) is 4.91. The smallest absolute Gasteiger partial charge is 0.249 e. The molecule has 0 atom stereocenters. The Bertz CT molecular complexity index is 918. The molecule has 2 heterocycles. The van der Waals surface area contributed by atoms with E-state index in [2.05, 4.69) is 74.5 Å². The lowest BCUT2D eigenvalue weighted by Crippen LogP contribution is -2.47. The first-order valence-electron chi connectivity index (χ1n) is 9.28. The van der Waals surface area contributed by atoms with Gasteiger partial charge in [-0.15, -0.1) is 5.10 Å². The van der Waals surface area contributed by atoms with Gasteiger partial charge in [0, 0.05) is 37.6 Å². The van der Waals surface area contributed by atoms with E-state index < -0.39 is 0 Å². The van der Waals surface area contributed by atoms with Crippen LogP contribution in [0.15, 0.2) is 54.7 Å². The molecule has 0 spiro atoms. The predicted octanol–water partition coefficient (Wildman–Crippen LogP) is 3.56. The molecule has 0 saturated carbocycles. The van der Waals surface area contributed by atoms with Crippen molar-refractivity contribution in [2.45, 2.75) is 13.8 Å². The van der Waals surface area contributed by atoms with Crippen molar-refractivity contribution in [3.8, 4) is 0 Å². The van der Waals surface area contributed by atoms with Gasteiger partial charge in [0.15, 0.2) is 5.82 Å². The summed E-state index contributed by atoms with van der Waals surface area (Å²) in [6, 6.07) is 16.8. The molecule has 1 aliphatic heterocycles. The van der Waals surface area contributed by atoms with Gasteiger partial charge in [0.1, 0.15) is 0 Å². The zero-order valence-electron chi connectivity index (χ0n) is 15.8. The standard InChI is InChI=1S/C21H24N6/c1-16-6-5-8-18(14-16)26-10-12-27(13-11-26)20-15-22-25-21(24-20)23-19-9-4-3-7-17(19)2/h3-9,14-15H,10-13H2,1-2H3,(H,23,24,25). The van der Waals surface area contributed by atoms with E-state index in [9.17, 15) is 0 Å². The maximum Gasteiger partial charge on any atom is 0.249 e. The van der Waals surface area contributed by atoms with Gasteiger partial charge in [0.05, 0.1) is 6.20 Å². The fourth-order valence-corrected chi connectivity index (χ4v) is 3.35. The molecular weight excluding hydrogens is 336 g/mol. The van der Waals surface area contributed by atoms with E-state index in [4.69, 9.17) is 0 Å². The van der Waals surface area contributed by atoms with Crippen molar-refractivity contribution in [3.05, 3.63) is 65.9 Å². The topological polar surface area (TPSA) is 57.2 Å². The van der Waals surface area contributed by atoms with Crippen molar-refractivity contribution in [1.82, 2.24) is 15.2 Å². The number of nitrogens with one attached hydrogen (secondary N) is 1. The molecule has 6 heteroatoms. The maximum atomic E-state index is 4.67. The summed E-state index contributed by atoms with van der Waals surface area (Å²) in [5, 5.41) is 11.5. The number of hydrogen-bond acceptors (Lipinski definition) is 6. The van der Waals surface area contributed by atoms with Crippen LogP contribution in [-0.4, -0.2) is 41.4 Å². The van der Waals surface area contributed by atoms with E-state index in [0.717, 1.165) is 43.2 Å². The van der Waals surface area contributed by atoms with Gasteiger partial charge in [-0.25, -0.2) is 0 Å². The third-order valence-corrected chi connectivity index (χ3v) is 4.91. The van der Waals surface area contributed by atoms with E-state index >= 15 is 0 Å². The fraction of sp³-hybridized carbons (Fsp3) is 0.286. The van der Waals surface area contributed by atoms with Crippen molar-refractivity contribution in [3.63, 3.8) is 0 Å². The van der Waals surface area contributed by atoms with Crippen LogP contribution in [0.4, 0.5) is 23.1 Å². The van der Waals surface area contributed by atoms with Gasteiger partial charge in [0.2, 0.25) is 5.95 Å². The van der Waals surface area contributed by atoms with Gasteiger partial charge >= 0.3 is 0 Å². The van der Waals surface area contributed by atoms with Crippen molar-refractivity contribution in [2.24, 2.45) is 0 Å². The van der Waals surface area contributed by atoms with Crippen LogP contribution < -0.4 is 15.1 Å². The molecule has 3 aromatic rings. The first kappa shape index (κ1) is 17.3. The largest absolute Gasteiger partial charge is 0.368 e. The molecule has 0 bridgehead atoms. The Morgan fingerprint density at radius 3 is 2.44 bits per heavy atom. The van der Waals surface area contributed by atoms with E-state index in [1.165, 1.54) is 11.3 Å². The lowest BCUT2D eigenvalue weighted by molar-refractivity contribution is 0.644. The first-order valence-corrected chi connectivity index (χ1v) is 9.28. The molecule has 1 aromatic heterocycles. The quantitative estimate of drug-likeness (QED) is 0.768. The predicted molar refractivity (Wildman–Crippen MR) is 110 cm³/mol. The maximum absolute atomic E-state index is 4.67. The van der Waals surface area contributed by atoms with Gasteiger partial charge in [0.25, 0.3) is 0 Å². The molecule has 0 aliphatic carbocycles. The average molecular weight is 360 g/mol. The van der Waals surface area contributed by atoms with E-state index in [1.807, 2.05) is 18.2 Å². The summed E-state index contributed by atoms with van der Waals surface area (Å²) in [5.74, 6) is 1.40. The highest BCUT2D eigenvalue weighted by Crippen LogP contribution is 2.22. The van der Waals surface area contributed by atoms with Gasteiger partial charge in [-0.3, -0.25) is 0 Å². The number of nitrogens with zero attached hydrogens (tertiary/aromatic N) is 5. The molecule has 0 amide bonds. The van der Waals surface area contributed by atoms with Gasteiger partial charge in [-0.2, -0.15) is 10.1 Å². The molecule has 0 radical (unpaired) electrons. The molecule has 1 saturated heterocycles. The Kier molecular flexibility index (Phi) is 4.87. The normalized spacial score (nSPS) is 14.3. The minimum absolute atomic E-state index is 0.530. The van der Waals surface area contributed by atoms with Crippen molar-refractivity contribution >= 4 is 23.1 Å². The van der Waals surface area contributed by atoms with Crippen LogP contribution in [0, 0.1) is 13.8 Å². The highest BCUT2D eigenvalue weighted by molar-refractivity contribution is 5.59. The Morgan fingerprint density at radius 1 is 0.889 bits per heavy atom. The molecule has 138 valence electrons. The van der Waals surface area contributed by atoms with Crippen molar-refractivity contribution in [1.29, 1.82) is 0 Å². The second-order valence-corrected chi connectivity index (χ2v) is 6.89. The summed E-state index contributed by atoms with van der Waals surface area (Å²) in [4.78, 5) is 9.36. The minimum Gasteiger partial charge on any atom is -0.368 e. The molecule has 1 N–H and O–H groups in total. The van der Waals surface area contributed by atoms with Gasteiger partial charge < -0.3 is 15.1 Å². The third kappa shape index (κ3) is 4.00. The lowest BCUT2D eigenvalue weighted by Gasteiger charge is -2.36. The molecule has 0 unspecified atom stereocenters. The Hall–Kier alpha value is -3.15. The Balaban J connectivity index is 1.43. The van der Waals surface area contributed by atoms with Gasteiger partial charge in [-0.1, -0.05) is 30.3 Å². The molecule has 27 heavy (non-hydrogen) atoms. The fourth-order valence-electron chi connectivity index (χ4n) is 3.35. The van der Waals surface area contributed by atoms with Crippen LogP contribution in [0.3, 0.4) is 0 Å². The lowest BCUT2D eigenvalue weighted by atomic mass is 10.2. The summed E-state index contributed by atoms with van der Waals surface area (Å²) >= 11 is 0. The minimum atomic E-state index is 0.530. The molecular formula is C21H24N6. The number of para-hydroxylation sites is 1. The van der Waals surface area contributed by atoms with Crippen LogP contribution in [0.2, 0.25) is 0 Å². The molecule has 2 aromatic carbocycles. The number of piperazine rings is 1. The summed E-state index contributed by atoms with van der Waals surface area (Å²) < 4.78 is 0. The summed E-state index contributed by atoms with van der Waals surface area (Å²) in [6.07, 6.45) is 1.74. The number of anilines is 4. The molecule has 1 fully saturated rings. The number of hydrogen-bond donors (Lipinski definition) is 1. The SMILES string of the molecule is Cc1cccc(N2CCN(c3cnnc(Nc4ccccc4C)n3)CC2)c1.